The highest BCUT2D eigenvalue weighted by molar-refractivity contribution is 6.01. The number of nitrogens with two attached hydrogens (primary N) is 1. The van der Waals surface area contributed by atoms with Gasteiger partial charge in [-0.2, -0.15) is 0 Å². The second-order valence-electron chi connectivity index (χ2n) is 5.19. The minimum absolute atomic E-state index is 0.132. The molecule has 2 aromatic carbocycles. The summed E-state index contributed by atoms with van der Waals surface area (Å²) in [6.07, 6.45) is 0.463. The largest absolute Gasteiger partial charge is 0.397 e. The minimum atomic E-state index is 0.132. The van der Waals surface area contributed by atoms with Crippen LogP contribution in [0.4, 0.5) is 22.7 Å². The fourth-order valence-electron chi connectivity index (χ4n) is 2.48. The van der Waals surface area contributed by atoms with E-state index in [1.165, 1.54) is 0 Å². The molecule has 0 aromatic heterocycles. The summed E-state index contributed by atoms with van der Waals surface area (Å²) in [6, 6.07) is 11.8. The van der Waals surface area contributed by atoms with Crippen molar-refractivity contribution in [2.45, 2.75) is 13.3 Å². The van der Waals surface area contributed by atoms with Crippen molar-refractivity contribution in [1.82, 2.24) is 0 Å². The van der Waals surface area contributed by atoms with Crippen molar-refractivity contribution >= 4 is 28.7 Å². The van der Waals surface area contributed by atoms with Crippen LogP contribution in [0.15, 0.2) is 36.4 Å². The fraction of sp³-hybridized carbons (Fsp3) is 0.188. The number of benzene rings is 2. The number of carbonyl (C=O) groups is 1. The summed E-state index contributed by atoms with van der Waals surface area (Å²) in [5, 5.41) is 3.32. The van der Waals surface area contributed by atoms with E-state index in [4.69, 9.17) is 5.73 Å². The summed E-state index contributed by atoms with van der Waals surface area (Å²) in [5.41, 5.74) is 11.7. The fourth-order valence-corrected chi connectivity index (χ4v) is 2.48. The molecule has 0 radical (unpaired) electrons. The van der Waals surface area contributed by atoms with Crippen LogP contribution in [0.3, 0.4) is 0 Å². The molecule has 0 aliphatic carbocycles. The molecule has 1 heterocycles. The number of anilines is 4. The normalized spacial score (nSPS) is 13.5. The number of hydrogen-bond acceptors (Lipinski definition) is 3. The highest BCUT2D eigenvalue weighted by Crippen LogP contribution is 2.32. The van der Waals surface area contributed by atoms with Crippen molar-refractivity contribution in [3.05, 3.63) is 47.5 Å². The summed E-state index contributed by atoms with van der Waals surface area (Å²) < 4.78 is 0. The third kappa shape index (κ3) is 2.09. The summed E-state index contributed by atoms with van der Waals surface area (Å²) in [7, 11) is 1.81. The van der Waals surface area contributed by atoms with E-state index in [1.54, 1.807) is 11.9 Å². The molecule has 1 amide bonds. The van der Waals surface area contributed by atoms with Gasteiger partial charge in [0.2, 0.25) is 5.91 Å². The van der Waals surface area contributed by atoms with Crippen LogP contribution in [0.5, 0.6) is 0 Å². The molecule has 102 valence electrons. The zero-order valence-electron chi connectivity index (χ0n) is 11.6. The molecular weight excluding hydrogens is 250 g/mol. The Morgan fingerprint density at radius 2 is 2.00 bits per heavy atom. The van der Waals surface area contributed by atoms with E-state index < -0.39 is 0 Å². The highest BCUT2D eigenvalue weighted by atomic mass is 16.2. The van der Waals surface area contributed by atoms with Gasteiger partial charge >= 0.3 is 0 Å². The molecule has 20 heavy (non-hydrogen) atoms. The number of amides is 1. The standard InChI is InChI=1S/C16H17N3O/c1-10-3-5-13(17)14(7-10)18-12-4-6-15-11(8-12)9-16(20)19(15)2/h3-8,18H,9,17H2,1-2H3. The molecule has 1 aliphatic heterocycles. The predicted molar refractivity (Wildman–Crippen MR) is 82.4 cm³/mol. The van der Waals surface area contributed by atoms with Gasteiger partial charge in [0.25, 0.3) is 0 Å². The minimum Gasteiger partial charge on any atom is -0.397 e. The predicted octanol–water partition coefficient (Wildman–Crippen LogP) is 2.84. The van der Waals surface area contributed by atoms with E-state index in [0.717, 1.165) is 28.2 Å². The van der Waals surface area contributed by atoms with Gasteiger partial charge in [-0.25, -0.2) is 0 Å². The quantitative estimate of drug-likeness (QED) is 0.823. The Hall–Kier alpha value is -2.49. The van der Waals surface area contributed by atoms with Crippen LogP contribution >= 0.6 is 0 Å². The Morgan fingerprint density at radius 3 is 2.80 bits per heavy atom. The molecule has 0 fully saturated rings. The number of carbonyl (C=O) groups excluding carboxylic acids is 1. The van der Waals surface area contributed by atoms with E-state index in [1.807, 2.05) is 43.3 Å². The van der Waals surface area contributed by atoms with Crippen molar-refractivity contribution in [3.8, 4) is 0 Å². The van der Waals surface area contributed by atoms with Crippen molar-refractivity contribution in [1.29, 1.82) is 0 Å². The van der Waals surface area contributed by atoms with Crippen molar-refractivity contribution < 1.29 is 4.79 Å². The Balaban J connectivity index is 1.92. The second kappa shape index (κ2) is 4.56. The van der Waals surface area contributed by atoms with Gasteiger partial charge in [-0.1, -0.05) is 6.07 Å². The number of hydrogen-bond donors (Lipinski definition) is 2. The Kier molecular flexibility index (Phi) is 2.86. The summed E-state index contributed by atoms with van der Waals surface area (Å²) >= 11 is 0. The maximum absolute atomic E-state index is 11.7. The van der Waals surface area contributed by atoms with Crippen LogP contribution in [0, 0.1) is 6.92 Å². The molecule has 0 saturated carbocycles. The maximum Gasteiger partial charge on any atom is 0.231 e. The number of likely N-dealkylation sites (N-methyl/N-ethyl adjacent to an activating group) is 1. The third-order valence-corrected chi connectivity index (χ3v) is 3.64. The van der Waals surface area contributed by atoms with E-state index in [9.17, 15) is 4.79 Å². The molecule has 2 aromatic rings. The monoisotopic (exact) mass is 267 g/mol. The number of nitrogens with one attached hydrogen (secondary N) is 1. The molecule has 0 atom stereocenters. The number of nitrogens with zero attached hydrogens (tertiary/aromatic N) is 1. The van der Waals surface area contributed by atoms with Crippen molar-refractivity contribution in [2.24, 2.45) is 0 Å². The Bertz CT molecular complexity index is 694. The smallest absolute Gasteiger partial charge is 0.231 e. The van der Waals surface area contributed by atoms with Gasteiger partial charge in [0.1, 0.15) is 0 Å². The summed E-state index contributed by atoms with van der Waals surface area (Å²) in [4.78, 5) is 13.4. The van der Waals surface area contributed by atoms with E-state index in [0.29, 0.717) is 12.1 Å². The average Bonchev–Trinajstić information content (AvgIpc) is 2.69. The van der Waals surface area contributed by atoms with Crippen LogP contribution in [-0.4, -0.2) is 13.0 Å². The number of aryl methyl sites for hydroxylation is 1. The van der Waals surface area contributed by atoms with Gasteiger partial charge in [-0.3, -0.25) is 4.79 Å². The van der Waals surface area contributed by atoms with Gasteiger partial charge in [-0.05, 0) is 48.4 Å². The molecule has 0 saturated heterocycles. The SMILES string of the molecule is Cc1ccc(N)c(Nc2ccc3c(c2)CC(=O)N3C)c1. The van der Waals surface area contributed by atoms with Crippen molar-refractivity contribution in [2.75, 3.05) is 23.0 Å². The molecule has 4 nitrogen and oxygen atoms in total. The first-order valence-corrected chi connectivity index (χ1v) is 6.57. The van der Waals surface area contributed by atoms with Crippen LogP contribution in [0.1, 0.15) is 11.1 Å². The summed E-state index contributed by atoms with van der Waals surface area (Å²) in [6.45, 7) is 2.03. The zero-order valence-corrected chi connectivity index (χ0v) is 11.6. The number of rotatable bonds is 2. The first-order chi connectivity index (χ1) is 9.54. The van der Waals surface area contributed by atoms with E-state index >= 15 is 0 Å². The van der Waals surface area contributed by atoms with Gasteiger partial charge in [0, 0.05) is 18.4 Å². The molecular formula is C16H17N3O. The van der Waals surface area contributed by atoms with Gasteiger partial charge in [0.15, 0.2) is 0 Å². The lowest BCUT2D eigenvalue weighted by Gasteiger charge is -2.13. The lowest BCUT2D eigenvalue weighted by Crippen LogP contribution is -2.20. The van der Waals surface area contributed by atoms with E-state index in [-0.39, 0.29) is 5.91 Å². The van der Waals surface area contributed by atoms with Gasteiger partial charge in [-0.15, -0.1) is 0 Å². The third-order valence-electron chi connectivity index (χ3n) is 3.64. The van der Waals surface area contributed by atoms with Crippen LogP contribution < -0.4 is 16.0 Å². The number of nitrogen functional groups attached to an aromatic ring is 1. The lowest BCUT2D eigenvalue weighted by atomic mass is 10.1. The lowest BCUT2D eigenvalue weighted by molar-refractivity contribution is -0.117. The molecule has 1 aliphatic rings. The maximum atomic E-state index is 11.7. The molecule has 4 heteroatoms. The zero-order chi connectivity index (χ0) is 14.3. The molecule has 0 spiro atoms. The van der Waals surface area contributed by atoms with Crippen LogP contribution in [0.25, 0.3) is 0 Å². The second-order valence-corrected chi connectivity index (χ2v) is 5.19. The van der Waals surface area contributed by atoms with E-state index in [2.05, 4.69) is 5.32 Å². The van der Waals surface area contributed by atoms with Crippen LogP contribution in [-0.2, 0) is 11.2 Å². The first kappa shape index (κ1) is 12.5. The molecule has 0 bridgehead atoms. The number of fused-ring (bicyclic) bond motifs is 1. The molecule has 0 unspecified atom stereocenters. The average molecular weight is 267 g/mol. The summed E-state index contributed by atoms with van der Waals surface area (Å²) in [5.74, 6) is 0.132. The van der Waals surface area contributed by atoms with Crippen LogP contribution in [0.2, 0.25) is 0 Å². The molecule has 3 rings (SSSR count). The highest BCUT2D eigenvalue weighted by Gasteiger charge is 2.23. The Morgan fingerprint density at radius 1 is 1.20 bits per heavy atom. The Labute approximate surface area is 118 Å². The van der Waals surface area contributed by atoms with Crippen molar-refractivity contribution in [3.63, 3.8) is 0 Å². The molecule has 3 N–H and O–H groups in total. The first-order valence-electron chi connectivity index (χ1n) is 6.57. The van der Waals surface area contributed by atoms with Gasteiger partial charge < -0.3 is 16.0 Å². The van der Waals surface area contributed by atoms with Gasteiger partial charge in [0.05, 0.1) is 17.8 Å². The topological polar surface area (TPSA) is 58.4 Å².